The lowest BCUT2D eigenvalue weighted by Gasteiger charge is -2.14. The molecular weight excluding hydrogens is 296 g/mol. The molecule has 8 nitrogen and oxygen atoms in total. The number of rotatable bonds is 6. The van der Waals surface area contributed by atoms with Crippen molar-refractivity contribution in [2.24, 2.45) is 0 Å². The van der Waals surface area contributed by atoms with Gasteiger partial charge in [0.25, 0.3) is 0 Å². The van der Waals surface area contributed by atoms with E-state index in [1.54, 1.807) is 19.1 Å². The maximum atomic E-state index is 11.4. The van der Waals surface area contributed by atoms with Gasteiger partial charge in [-0.2, -0.15) is 0 Å². The molecule has 0 radical (unpaired) electrons. The molecule has 0 aliphatic rings. The van der Waals surface area contributed by atoms with Crippen LogP contribution in [0.1, 0.15) is 25.3 Å². The van der Waals surface area contributed by atoms with E-state index in [2.05, 4.69) is 34.6 Å². The van der Waals surface area contributed by atoms with Crippen LogP contribution in [0.3, 0.4) is 0 Å². The summed E-state index contributed by atoms with van der Waals surface area (Å²) >= 11 is 0. The molecule has 0 atom stereocenters. The number of nitrogens with zero attached hydrogens (tertiary/aromatic N) is 4. The van der Waals surface area contributed by atoms with Crippen molar-refractivity contribution in [3.8, 4) is 0 Å². The molecule has 1 heterocycles. The van der Waals surface area contributed by atoms with E-state index >= 15 is 0 Å². The number of benzene rings is 1. The Kier molecular flexibility index (Phi) is 5.07. The number of hydrogen-bond donors (Lipinski definition) is 2. The molecule has 0 spiro atoms. The number of hydrogen-bond acceptors (Lipinski definition) is 7. The maximum Gasteiger partial charge on any atom is 0.354 e. The van der Waals surface area contributed by atoms with Crippen molar-refractivity contribution in [3.63, 3.8) is 0 Å². The zero-order chi connectivity index (χ0) is 17.0. The highest BCUT2D eigenvalue weighted by Crippen LogP contribution is 2.31. The van der Waals surface area contributed by atoms with Gasteiger partial charge in [-0.05, 0) is 23.6 Å². The Morgan fingerprint density at radius 3 is 2.26 bits per heavy atom. The summed E-state index contributed by atoms with van der Waals surface area (Å²) in [7, 11) is 3.45. The molecule has 0 saturated carbocycles. The van der Waals surface area contributed by atoms with Crippen LogP contribution in [0.25, 0.3) is 0 Å². The average Bonchev–Trinajstić information content (AvgIpc) is 2.47. The number of nitrogens with one attached hydrogen (secondary N) is 2. The number of aromatic nitrogens is 2. The Balaban J connectivity index is 2.33. The standard InChI is InChI=1S/C15H20N6O2/c1-10(2)11-5-7-12(8-6-11)18-14-13(21(22)23)15(17-9-16-14)19-20(3)4/h5-10H,1-4H3,(H2,16,17,18,19). The van der Waals surface area contributed by atoms with Gasteiger partial charge in [0, 0.05) is 19.8 Å². The second-order valence-corrected chi connectivity index (χ2v) is 5.58. The van der Waals surface area contributed by atoms with Crippen LogP contribution in [0.5, 0.6) is 0 Å². The van der Waals surface area contributed by atoms with Crippen molar-refractivity contribution in [2.75, 3.05) is 24.8 Å². The van der Waals surface area contributed by atoms with E-state index in [1.807, 2.05) is 24.3 Å². The molecular formula is C15H20N6O2. The molecule has 122 valence electrons. The van der Waals surface area contributed by atoms with Gasteiger partial charge in [-0.1, -0.05) is 26.0 Å². The first-order chi connectivity index (χ1) is 10.9. The molecule has 1 aromatic carbocycles. The van der Waals surface area contributed by atoms with Crippen LogP contribution in [0, 0.1) is 10.1 Å². The Hall–Kier alpha value is -2.74. The number of anilines is 3. The van der Waals surface area contributed by atoms with Gasteiger partial charge in [0.1, 0.15) is 6.33 Å². The number of nitro groups is 1. The molecule has 0 amide bonds. The van der Waals surface area contributed by atoms with Crippen LogP contribution in [0.15, 0.2) is 30.6 Å². The van der Waals surface area contributed by atoms with Gasteiger partial charge in [0.05, 0.1) is 4.92 Å². The number of hydrazine groups is 1. The van der Waals surface area contributed by atoms with Gasteiger partial charge < -0.3 is 5.32 Å². The van der Waals surface area contributed by atoms with Gasteiger partial charge in [-0.3, -0.25) is 15.5 Å². The molecule has 0 unspecified atom stereocenters. The van der Waals surface area contributed by atoms with E-state index < -0.39 is 4.92 Å². The van der Waals surface area contributed by atoms with E-state index in [9.17, 15) is 10.1 Å². The molecule has 2 aromatic rings. The summed E-state index contributed by atoms with van der Waals surface area (Å²) in [6.07, 6.45) is 1.28. The smallest absolute Gasteiger partial charge is 0.334 e. The molecule has 1 aromatic heterocycles. The highest BCUT2D eigenvalue weighted by atomic mass is 16.6. The van der Waals surface area contributed by atoms with Crippen molar-refractivity contribution in [3.05, 3.63) is 46.3 Å². The van der Waals surface area contributed by atoms with Crippen LogP contribution in [-0.2, 0) is 0 Å². The third-order valence-corrected chi connectivity index (χ3v) is 3.17. The molecule has 0 aliphatic carbocycles. The lowest BCUT2D eigenvalue weighted by atomic mass is 10.0. The molecule has 0 aliphatic heterocycles. The summed E-state index contributed by atoms with van der Waals surface area (Å²) in [5.74, 6) is 0.705. The zero-order valence-electron chi connectivity index (χ0n) is 13.6. The van der Waals surface area contributed by atoms with Gasteiger partial charge >= 0.3 is 5.69 Å². The molecule has 0 fully saturated rings. The van der Waals surface area contributed by atoms with Crippen LogP contribution in [0.2, 0.25) is 0 Å². The first kappa shape index (κ1) is 16.6. The molecule has 0 saturated heterocycles. The Morgan fingerprint density at radius 1 is 1.13 bits per heavy atom. The maximum absolute atomic E-state index is 11.4. The van der Waals surface area contributed by atoms with Crippen LogP contribution >= 0.6 is 0 Å². The van der Waals surface area contributed by atoms with Crippen molar-refractivity contribution in [2.45, 2.75) is 19.8 Å². The summed E-state index contributed by atoms with van der Waals surface area (Å²) < 4.78 is 0. The molecule has 8 heteroatoms. The van der Waals surface area contributed by atoms with Gasteiger partial charge in [0.2, 0.25) is 11.6 Å². The Morgan fingerprint density at radius 2 is 1.74 bits per heavy atom. The first-order valence-electron chi connectivity index (χ1n) is 7.19. The van der Waals surface area contributed by atoms with Crippen molar-refractivity contribution < 1.29 is 4.92 Å². The molecule has 2 N–H and O–H groups in total. The minimum absolute atomic E-state index is 0.135. The van der Waals surface area contributed by atoms with Gasteiger partial charge in [0.15, 0.2) is 0 Å². The fraction of sp³-hybridized carbons (Fsp3) is 0.333. The van der Waals surface area contributed by atoms with E-state index in [0.29, 0.717) is 5.92 Å². The van der Waals surface area contributed by atoms with E-state index in [-0.39, 0.29) is 17.3 Å². The molecule has 0 bridgehead atoms. The largest absolute Gasteiger partial charge is 0.354 e. The summed E-state index contributed by atoms with van der Waals surface area (Å²) in [4.78, 5) is 18.8. The normalized spacial score (nSPS) is 10.9. The second-order valence-electron chi connectivity index (χ2n) is 5.58. The highest BCUT2D eigenvalue weighted by Gasteiger charge is 2.23. The van der Waals surface area contributed by atoms with Gasteiger partial charge in [-0.15, -0.1) is 0 Å². The third-order valence-electron chi connectivity index (χ3n) is 3.17. The van der Waals surface area contributed by atoms with Crippen LogP contribution < -0.4 is 10.7 Å². The topological polar surface area (TPSA) is 96.2 Å². The fourth-order valence-electron chi connectivity index (χ4n) is 2.02. The first-order valence-corrected chi connectivity index (χ1v) is 7.19. The summed E-state index contributed by atoms with van der Waals surface area (Å²) in [6, 6.07) is 7.72. The third kappa shape index (κ3) is 4.13. The van der Waals surface area contributed by atoms with E-state index in [0.717, 1.165) is 5.69 Å². The second kappa shape index (κ2) is 7.01. The van der Waals surface area contributed by atoms with E-state index in [1.165, 1.54) is 11.9 Å². The SMILES string of the molecule is CC(C)c1ccc(Nc2ncnc(NN(C)C)c2[N+](=O)[O-])cc1. The summed E-state index contributed by atoms with van der Waals surface area (Å²) in [5, 5.41) is 15.9. The monoisotopic (exact) mass is 316 g/mol. The fourth-order valence-corrected chi connectivity index (χ4v) is 2.02. The molecule has 2 rings (SSSR count). The quantitative estimate of drug-likeness (QED) is 0.624. The summed E-state index contributed by atoms with van der Waals surface area (Å²) in [5.41, 5.74) is 4.53. The summed E-state index contributed by atoms with van der Waals surface area (Å²) in [6.45, 7) is 4.22. The lowest BCUT2D eigenvalue weighted by Crippen LogP contribution is -2.21. The highest BCUT2D eigenvalue weighted by molar-refractivity contribution is 5.73. The molecule has 23 heavy (non-hydrogen) atoms. The van der Waals surface area contributed by atoms with Crippen LogP contribution in [0.4, 0.5) is 23.0 Å². The van der Waals surface area contributed by atoms with Crippen molar-refractivity contribution in [1.82, 2.24) is 15.0 Å². The predicted molar refractivity (Wildman–Crippen MR) is 89.8 cm³/mol. The minimum Gasteiger partial charge on any atom is -0.334 e. The lowest BCUT2D eigenvalue weighted by molar-refractivity contribution is -0.383. The van der Waals surface area contributed by atoms with Crippen molar-refractivity contribution in [1.29, 1.82) is 0 Å². The predicted octanol–water partition coefficient (Wildman–Crippen LogP) is 3.14. The van der Waals surface area contributed by atoms with Gasteiger partial charge in [-0.25, -0.2) is 15.0 Å². The Labute approximate surface area is 134 Å². The van der Waals surface area contributed by atoms with Crippen LogP contribution in [-0.4, -0.2) is 34.0 Å². The van der Waals surface area contributed by atoms with Crippen molar-refractivity contribution >= 4 is 23.0 Å². The zero-order valence-corrected chi connectivity index (χ0v) is 13.6. The average molecular weight is 316 g/mol. The Bertz CT molecular complexity index is 685. The minimum atomic E-state index is -0.503. The van der Waals surface area contributed by atoms with E-state index in [4.69, 9.17) is 0 Å².